The highest BCUT2D eigenvalue weighted by molar-refractivity contribution is 4.53. The fraction of sp³-hybridized carbons (Fsp3) is 1.00. The second kappa shape index (κ2) is 19.0. The normalized spacial score (nSPS) is 12.7. The van der Waals surface area contributed by atoms with Crippen LogP contribution in [0.2, 0.25) is 0 Å². The number of hydrogen-bond acceptors (Lipinski definition) is 1. The molecule has 1 radical (unpaired) electrons. The van der Waals surface area contributed by atoms with Crippen LogP contribution in [-0.2, 0) is 9.84 Å². The summed E-state index contributed by atoms with van der Waals surface area (Å²) in [7, 11) is 0. The molecular weight excluding hydrogens is 272 g/mol. The van der Waals surface area contributed by atoms with Gasteiger partial charge in [0, 0.05) is 0 Å². The standard InChI is InChI=1S/C20H41O2/c1-3-4-5-6-7-8-9-10-11-12-13-14-15-16-17-20(2)22-19-18-21/h20H,3-19H2,1-2H3. The Balaban J connectivity index is 3.02. The minimum Gasteiger partial charge on any atom is -0.376 e. The Labute approximate surface area is 140 Å². The molecule has 0 aromatic heterocycles. The topological polar surface area (TPSA) is 29.1 Å². The third kappa shape index (κ3) is 18.0. The van der Waals surface area contributed by atoms with E-state index in [0.29, 0.717) is 6.61 Å². The van der Waals surface area contributed by atoms with E-state index in [4.69, 9.17) is 4.74 Å². The Kier molecular flexibility index (Phi) is 18.9. The Morgan fingerprint density at radius 1 is 0.682 bits per heavy atom. The Morgan fingerprint density at radius 2 is 1.09 bits per heavy atom. The number of ether oxygens (including phenoxy) is 1. The lowest BCUT2D eigenvalue weighted by atomic mass is 10.0. The van der Waals surface area contributed by atoms with E-state index < -0.39 is 0 Å². The van der Waals surface area contributed by atoms with Crippen LogP contribution in [0.3, 0.4) is 0 Å². The maximum atomic E-state index is 10.3. The van der Waals surface area contributed by atoms with Crippen molar-refractivity contribution in [3.05, 3.63) is 0 Å². The third-order valence-corrected chi connectivity index (χ3v) is 4.45. The summed E-state index contributed by atoms with van der Waals surface area (Å²) in [6, 6.07) is 0. The number of rotatable bonds is 18. The molecule has 0 bridgehead atoms. The van der Waals surface area contributed by atoms with Crippen LogP contribution in [0.1, 0.15) is 110 Å². The molecule has 0 rings (SSSR count). The minimum atomic E-state index is -0.108. The SMILES string of the molecule is CCCCCCCCCCCCCCCCC(C)OCC[O]. The highest BCUT2D eigenvalue weighted by atomic mass is 16.5. The van der Waals surface area contributed by atoms with Crippen LogP contribution >= 0.6 is 0 Å². The molecule has 0 aliphatic heterocycles. The Bertz CT molecular complexity index is 194. The van der Waals surface area contributed by atoms with Crippen molar-refractivity contribution in [3.8, 4) is 0 Å². The van der Waals surface area contributed by atoms with Gasteiger partial charge >= 0.3 is 0 Å². The zero-order valence-electron chi connectivity index (χ0n) is 15.4. The van der Waals surface area contributed by atoms with Crippen LogP contribution in [0.5, 0.6) is 0 Å². The lowest BCUT2D eigenvalue weighted by molar-refractivity contribution is 0.0162. The Hall–Kier alpha value is -0.0800. The average Bonchev–Trinajstić information content (AvgIpc) is 2.53. The van der Waals surface area contributed by atoms with Crippen molar-refractivity contribution < 1.29 is 9.84 Å². The maximum absolute atomic E-state index is 10.3. The van der Waals surface area contributed by atoms with Crippen LogP contribution in [0, 0.1) is 0 Å². The molecule has 0 fully saturated rings. The van der Waals surface area contributed by atoms with Gasteiger partial charge in [-0.2, -0.15) is 0 Å². The molecule has 0 saturated heterocycles. The van der Waals surface area contributed by atoms with Crippen molar-refractivity contribution in [1.82, 2.24) is 0 Å². The van der Waals surface area contributed by atoms with Gasteiger partial charge < -0.3 is 4.74 Å². The number of unbranched alkanes of at least 4 members (excludes halogenated alkanes) is 13. The van der Waals surface area contributed by atoms with Gasteiger partial charge in [-0.15, -0.1) is 0 Å². The van der Waals surface area contributed by atoms with E-state index in [0.717, 1.165) is 6.42 Å². The molecule has 0 N–H and O–H groups in total. The predicted molar refractivity (Wildman–Crippen MR) is 95.9 cm³/mol. The van der Waals surface area contributed by atoms with Gasteiger partial charge in [-0.3, -0.25) is 0 Å². The molecule has 133 valence electrons. The molecule has 0 heterocycles. The first-order chi connectivity index (χ1) is 10.8. The molecule has 0 saturated carbocycles. The molecule has 0 aromatic carbocycles. The summed E-state index contributed by atoms with van der Waals surface area (Å²) >= 11 is 0. The summed E-state index contributed by atoms with van der Waals surface area (Å²) in [6.07, 6.45) is 21.0. The quantitative estimate of drug-likeness (QED) is 0.259. The summed E-state index contributed by atoms with van der Waals surface area (Å²) in [6.45, 7) is 4.63. The number of hydrogen-bond donors (Lipinski definition) is 0. The molecule has 0 aromatic rings. The summed E-state index contributed by atoms with van der Waals surface area (Å²) in [4.78, 5) is 0. The van der Waals surface area contributed by atoms with Crippen LogP contribution in [0.15, 0.2) is 0 Å². The molecule has 0 aliphatic carbocycles. The molecule has 1 atom stereocenters. The van der Waals surface area contributed by atoms with Crippen molar-refractivity contribution in [2.75, 3.05) is 13.2 Å². The zero-order valence-corrected chi connectivity index (χ0v) is 15.4. The first-order valence-electron chi connectivity index (χ1n) is 10.0. The van der Waals surface area contributed by atoms with E-state index >= 15 is 0 Å². The van der Waals surface area contributed by atoms with Crippen molar-refractivity contribution >= 4 is 0 Å². The van der Waals surface area contributed by atoms with Gasteiger partial charge in [-0.05, 0) is 13.3 Å². The van der Waals surface area contributed by atoms with Gasteiger partial charge in [0.2, 0.25) is 0 Å². The highest BCUT2D eigenvalue weighted by Gasteiger charge is 2.01. The second-order valence-corrected chi connectivity index (χ2v) is 6.77. The lowest BCUT2D eigenvalue weighted by Gasteiger charge is -2.11. The zero-order chi connectivity index (χ0) is 16.3. The van der Waals surface area contributed by atoms with Gasteiger partial charge in [-0.25, -0.2) is 5.11 Å². The van der Waals surface area contributed by atoms with Gasteiger partial charge in [0.25, 0.3) is 0 Å². The van der Waals surface area contributed by atoms with E-state index in [9.17, 15) is 5.11 Å². The molecule has 22 heavy (non-hydrogen) atoms. The molecular formula is C20H41O2. The van der Waals surface area contributed by atoms with Crippen molar-refractivity contribution in [2.45, 2.75) is 116 Å². The largest absolute Gasteiger partial charge is 0.376 e. The van der Waals surface area contributed by atoms with Gasteiger partial charge in [0.15, 0.2) is 0 Å². The van der Waals surface area contributed by atoms with Gasteiger partial charge in [-0.1, -0.05) is 96.8 Å². The first kappa shape index (κ1) is 21.9. The first-order valence-corrected chi connectivity index (χ1v) is 10.0. The van der Waals surface area contributed by atoms with Crippen molar-refractivity contribution in [1.29, 1.82) is 0 Å². The van der Waals surface area contributed by atoms with Gasteiger partial charge in [0.05, 0.1) is 12.7 Å². The predicted octanol–water partition coefficient (Wildman–Crippen LogP) is 6.69. The maximum Gasteiger partial charge on any atom is 0.106 e. The molecule has 2 nitrogen and oxygen atoms in total. The van der Waals surface area contributed by atoms with Crippen molar-refractivity contribution in [3.63, 3.8) is 0 Å². The summed E-state index contributed by atoms with van der Waals surface area (Å²) < 4.78 is 5.39. The van der Waals surface area contributed by atoms with Crippen LogP contribution in [-0.4, -0.2) is 19.3 Å². The second-order valence-electron chi connectivity index (χ2n) is 6.77. The van der Waals surface area contributed by atoms with Crippen LogP contribution in [0.4, 0.5) is 0 Å². The van der Waals surface area contributed by atoms with E-state index in [1.807, 2.05) is 0 Å². The fourth-order valence-electron chi connectivity index (χ4n) is 2.96. The van der Waals surface area contributed by atoms with E-state index in [2.05, 4.69) is 13.8 Å². The highest BCUT2D eigenvalue weighted by Crippen LogP contribution is 2.14. The van der Waals surface area contributed by atoms with Crippen LogP contribution < -0.4 is 0 Å². The molecule has 2 heteroatoms. The van der Waals surface area contributed by atoms with E-state index in [1.165, 1.54) is 89.9 Å². The molecule has 1 unspecified atom stereocenters. The lowest BCUT2D eigenvalue weighted by Crippen LogP contribution is -2.10. The van der Waals surface area contributed by atoms with Crippen molar-refractivity contribution in [2.24, 2.45) is 0 Å². The smallest absolute Gasteiger partial charge is 0.106 e. The average molecular weight is 314 g/mol. The van der Waals surface area contributed by atoms with Crippen LogP contribution in [0.25, 0.3) is 0 Å². The van der Waals surface area contributed by atoms with Gasteiger partial charge in [0.1, 0.15) is 6.61 Å². The summed E-state index contributed by atoms with van der Waals surface area (Å²) in [5.41, 5.74) is 0. The van der Waals surface area contributed by atoms with E-state index in [1.54, 1.807) is 0 Å². The Morgan fingerprint density at radius 3 is 1.50 bits per heavy atom. The minimum absolute atomic E-state index is 0.108. The molecule has 0 aliphatic rings. The fourth-order valence-corrected chi connectivity index (χ4v) is 2.96. The molecule has 0 spiro atoms. The third-order valence-electron chi connectivity index (χ3n) is 4.45. The summed E-state index contributed by atoms with van der Waals surface area (Å²) in [5.74, 6) is 0. The molecule has 0 amide bonds. The van der Waals surface area contributed by atoms with E-state index in [-0.39, 0.29) is 12.7 Å². The monoisotopic (exact) mass is 313 g/mol. The summed E-state index contributed by atoms with van der Waals surface area (Å²) in [5, 5.41) is 10.3.